The Hall–Kier alpha value is -0.0900. The average Bonchev–Trinajstić information content (AvgIpc) is 1.87. The first-order valence-corrected chi connectivity index (χ1v) is 4.79. The summed E-state index contributed by atoms with van der Waals surface area (Å²) in [5, 5.41) is 0. The minimum atomic E-state index is -1.57. The van der Waals surface area contributed by atoms with Crippen LogP contribution in [0.1, 0.15) is 32.6 Å². The molecule has 4 heteroatoms. The van der Waals surface area contributed by atoms with E-state index < -0.39 is 10.8 Å². The second-order valence-electron chi connectivity index (χ2n) is 2.22. The zero-order valence-electron chi connectivity index (χ0n) is 6.35. The van der Waals surface area contributed by atoms with Crippen LogP contribution in [0.15, 0.2) is 0 Å². The van der Waals surface area contributed by atoms with Gasteiger partial charge in [0.2, 0.25) is 0 Å². The first-order chi connectivity index (χ1) is 4.77. The fraction of sp³-hybridized carbons (Fsp3) is 1.00. The summed E-state index contributed by atoms with van der Waals surface area (Å²) in [6.45, 7) is 2.85. The fourth-order valence-corrected chi connectivity index (χ4v) is 1.05. The Morgan fingerprint density at radius 2 is 2.10 bits per heavy atom. The molecule has 62 valence electrons. The van der Waals surface area contributed by atoms with Gasteiger partial charge in [0.05, 0.1) is 0 Å². The fourth-order valence-electron chi connectivity index (χ4n) is 0.717. The topological polar surface area (TPSA) is 53.0 Å². The van der Waals surface area contributed by atoms with Gasteiger partial charge in [0, 0.05) is 0 Å². The van der Waals surface area contributed by atoms with Crippen molar-refractivity contribution in [2.24, 2.45) is 0 Å². The molecular formula is C6H15N2OS-. The van der Waals surface area contributed by atoms with Crippen LogP contribution in [0, 0.1) is 4.78 Å². The van der Waals surface area contributed by atoms with Crippen molar-refractivity contribution in [2.75, 3.05) is 6.54 Å². The van der Waals surface area contributed by atoms with Crippen molar-refractivity contribution >= 4 is 10.8 Å². The van der Waals surface area contributed by atoms with Gasteiger partial charge in [-0.2, -0.15) is 0 Å². The van der Waals surface area contributed by atoms with Gasteiger partial charge in [-0.1, -0.05) is 26.2 Å². The maximum Gasteiger partial charge on any atom is -0.0204 e. The van der Waals surface area contributed by atoms with E-state index in [1.165, 1.54) is 19.3 Å². The van der Waals surface area contributed by atoms with Crippen molar-refractivity contribution in [3.63, 3.8) is 0 Å². The Bertz CT molecular complexity index is 126. The first kappa shape index (κ1) is 9.91. The van der Waals surface area contributed by atoms with Crippen molar-refractivity contribution in [1.82, 2.24) is 4.72 Å². The molecule has 2 N–H and O–H groups in total. The SMILES string of the molecule is CCCCCCN[S-](=N)=O. The van der Waals surface area contributed by atoms with E-state index in [9.17, 15) is 4.21 Å². The molecule has 0 fully saturated rings. The zero-order chi connectivity index (χ0) is 7.82. The van der Waals surface area contributed by atoms with Gasteiger partial charge in [0.1, 0.15) is 0 Å². The quantitative estimate of drug-likeness (QED) is 0.455. The van der Waals surface area contributed by atoms with Crippen LogP contribution in [0.4, 0.5) is 0 Å². The Morgan fingerprint density at radius 3 is 2.60 bits per heavy atom. The van der Waals surface area contributed by atoms with E-state index in [1.54, 1.807) is 0 Å². The number of unbranched alkanes of at least 4 members (excludes halogenated alkanes) is 3. The van der Waals surface area contributed by atoms with Crippen molar-refractivity contribution in [1.29, 1.82) is 4.78 Å². The minimum Gasteiger partial charge on any atom is -0.430 e. The van der Waals surface area contributed by atoms with Crippen LogP contribution in [0.25, 0.3) is 0 Å². The third-order valence-corrected chi connectivity index (χ3v) is 1.73. The summed E-state index contributed by atoms with van der Waals surface area (Å²) in [6.07, 6.45) is 4.63. The molecule has 0 aliphatic heterocycles. The van der Waals surface area contributed by atoms with Crippen molar-refractivity contribution in [3.05, 3.63) is 0 Å². The maximum atomic E-state index is 10.1. The Balaban J connectivity index is 2.91. The number of nitrogens with one attached hydrogen (secondary N) is 2. The smallest absolute Gasteiger partial charge is 0.0204 e. The van der Waals surface area contributed by atoms with Crippen LogP contribution in [-0.2, 0) is 15.0 Å². The number of hydrogen-bond donors (Lipinski definition) is 2. The molecular weight excluding hydrogens is 148 g/mol. The summed E-state index contributed by atoms with van der Waals surface area (Å²) >= 11 is 0. The predicted octanol–water partition coefficient (Wildman–Crippen LogP) is 1.80. The van der Waals surface area contributed by atoms with Crippen LogP contribution in [-0.4, -0.2) is 6.54 Å². The lowest BCUT2D eigenvalue weighted by Gasteiger charge is -2.03. The van der Waals surface area contributed by atoms with E-state index in [0.29, 0.717) is 6.54 Å². The highest BCUT2D eigenvalue weighted by Gasteiger charge is 1.82. The van der Waals surface area contributed by atoms with Crippen LogP contribution in [0.3, 0.4) is 0 Å². The normalized spacial score (nSPS) is 10.6. The molecule has 0 aromatic heterocycles. The Morgan fingerprint density at radius 1 is 1.40 bits per heavy atom. The number of hydrogen-bond acceptors (Lipinski definition) is 3. The third kappa shape index (κ3) is 7.91. The van der Waals surface area contributed by atoms with Crippen LogP contribution in [0.2, 0.25) is 0 Å². The van der Waals surface area contributed by atoms with Gasteiger partial charge < -0.3 is 13.7 Å². The van der Waals surface area contributed by atoms with Gasteiger partial charge in [-0.25, -0.2) is 0 Å². The average molecular weight is 163 g/mol. The molecule has 0 aromatic rings. The Kier molecular flexibility index (Phi) is 6.96. The van der Waals surface area contributed by atoms with Gasteiger partial charge in [-0.05, 0) is 13.0 Å². The molecule has 0 rings (SSSR count). The zero-order valence-corrected chi connectivity index (χ0v) is 7.17. The molecule has 0 saturated carbocycles. The van der Waals surface area contributed by atoms with Gasteiger partial charge >= 0.3 is 0 Å². The van der Waals surface area contributed by atoms with Crippen LogP contribution >= 0.6 is 0 Å². The predicted molar refractivity (Wildman–Crippen MR) is 42.9 cm³/mol. The molecule has 0 spiro atoms. The van der Waals surface area contributed by atoms with Crippen LogP contribution in [0.5, 0.6) is 0 Å². The lowest BCUT2D eigenvalue weighted by atomic mass is 10.2. The molecule has 0 atom stereocenters. The molecule has 0 heterocycles. The first-order valence-electron chi connectivity index (χ1n) is 3.64. The Labute approximate surface area is 64.3 Å². The van der Waals surface area contributed by atoms with E-state index >= 15 is 0 Å². The summed E-state index contributed by atoms with van der Waals surface area (Å²) in [5.74, 6) is 0. The standard InChI is InChI=1S/C6H15N2OS/c1-2-3-4-5-6-8-10(7)9/h2-6H2,1H3,(H2,7,8,9)/q-1. The molecule has 0 bridgehead atoms. The van der Waals surface area contributed by atoms with E-state index in [-0.39, 0.29) is 0 Å². The van der Waals surface area contributed by atoms with E-state index in [2.05, 4.69) is 11.6 Å². The van der Waals surface area contributed by atoms with E-state index in [4.69, 9.17) is 4.78 Å². The third-order valence-electron chi connectivity index (χ3n) is 1.26. The maximum absolute atomic E-state index is 10.1. The lowest BCUT2D eigenvalue weighted by Crippen LogP contribution is -2.10. The van der Waals surface area contributed by atoms with Crippen LogP contribution < -0.4 is 4.72 Å². The second kappa shape index (κ2) is 7.02. The molecule has 0 aliphatic carbocycles. The lowest BCUT2D eigenvalue weighted by molar-refractivity contribution is 0.586. The summed E-state index contributed by atoms with van der Waals surface area (Å²) in [5.41, 5.74) is 0. The molecule has 3 nitrogen and oxygen atoms in total. The number of rotatable bonds is 6. The highest BCUT2D eigenvalue weighted by atomic mass is 32.2. The minimum absolute atomic E-state index is 0.704. The largest absolute Gasteiger partial charge is 0.430 e. The highest BCUT2D eigenvalue weighted by Crippen LogP contribution is 1.96. The molecule has 0 aromatic carbocycles. The molecule has 0 saturated heterocycles. The van der Waals surface area contributed by atoms with E-state index in [0.717, 1.165) is 6.42 Å². The summed E-state index contributed by atoms with van der Waals surface area (Å²) in [6, 6.07) is 0. The molecule has 0 amide bonds. The highest BCUT2D eigenvalue weighted by molar-refractivity contribution is 7.71. The van der Waals surface area contributed by atoms with Gasteiger partial charge in [-0.3, -0.25) is 0 Å². The van der Waals surface area contributed by atoms with E-state index in [1.807, 2.05) is 0 Å². The molecule has 0 unspecified atom stereocenters. The summed E-state index contributed by atoms with van der Waals surface area (Å²) in [7, 11) is -1.57. The van der Waals surface area contributed by atoms with Crippen molar-refractivity contribution < 1.29 is 4.21 Å². The summed E-state index contributed by atoms with van der Waals surface area (Å²) < 4.78 is 19.3. The van der Waals surface area contributed by atoms with Gasteiger partial charge in [-0.15, -0.1) is 10.8 Å². The molecule has 0 aliphatic rings. The van der Waals surface area contributed by atoms with Gasteiger partial charge in [0.25, 0.3) is 0 Å². The van der Waals surface area contributed by atoms with Gasteiger partial charge in [0.15, 0.2) is 0 Å². The summed E-state index contributed by atoms with van der Waals surface area (Å²) in [4.78, 5) is 0. The second-order valence-corrected chi connectivity index (χ2v) is 3.05. The van der Waals surface area contributed by atoms with Crippen molar-refractivity contribution in [3.8, 4) is 0 Å². The molecule has 10 heavy (non-hydrogen) atoms. The monoisotopic (exact) mass is 163 g/mol. The van der Waals surface area contributed by atoms with Crippen molar-refractivity contribution in [2.45, 2.75) is 32.6 Å². The molecule has 0 radical (unpaired) electrons.